The molecule has 3 aromatic heterocycles. The number of nitrogens with two attached hydrogens (primary N) is 1. The Morgan fingerprint density at radius 1 is 0.521 bits per heavy atom. The van der Waals surface area contributed by atoms with E-state index in [1.54, 1.807) is 0 Å². The number of nitrogens with zero attached hydrogens (tertiary/aromatic N) is 3. The predicted molar refractivity (Wildman–Crippen MR) is 198 cm³/mol. The molecule has 48 heavy (non-hydrogen) atoms. The molecule has 0 spiro atoms. The predicted octanol–water partition coefficient (Wildman–Crippen LogP) is 8.87. The number of para-hydroxylation sites is 2. The first-order valence-corrected chi connectivity index (χ1v) is 16.8. The fraction of sp³-hybridized carbons (Fsp3) is 0.0227. The molecule has 0 aliphatic carbocycles. The van der Waals surface area contributed by atoms with E-state index < -0.39 is 0 Å². The summed E-state index contributed by atoms with van der Waals surface area (Å²) in [7, 11) is 0. The zero-order chi connectivity index (χ0) is 31.1. The minimum Gasteiger partial charge on any atom is -0.306 e. The van der Waals surface area contributed by atoms with Gasteiger partial charge in [0.1, 0.15) is 11.0 Å². The van der Waals surface area contributed by atoms with Crippen molar-refractivity contribution in [2.24, 2.45) is 0 Å². The summed E-state index contributed by atoms with van der Waals surface area (Å²) in [5.41, 5.74) is 11.3. The Hall–Kier alpha value is -6.23. The third kappa shape index (κ3) is 2.89. The molecule has 0 unspecified atom stereocenters. The van der Waals surface area contributed by atoms with Crippen LogP contribution in [0.3, 0.4) is 0 Å². The van der Waals surface area contributed by atoms with Gasteiger partial charge in [0, 0.05) is 38.4 Å². The summed E-state index contributed by atoms with van der Waals surface area (Å²) in [6, 6.07) is 49.4. The number of fused-ring (bicyclic) bond motifs is 14. The van der Waals surface area contributed by atoms with E-state index in [4.69, 9.17) is 0 Å². The van der Waals surface area contributed by atoms with E-state index in [1.165, 1.54) is 104 Å². The molecule has 7 aromatic carbocycles. The van der Waals surface area contributed by atoms with E-state index in [0.717, 1.165) is 6.54 Å². The van der Waals surface area contributed by atoms with Crippen molar-refractivity contribution in [3.05, 3.63) is 163 Å². The summed E-state index contributed by atoms with van der Waals surface area (Å²) in [4.78, 5) is 0. The van der Waals surface area contributed by atoms with Crippen molar-refractivity contribution in [2.75, 3.05) is 6.54 Å². The highest BCUT2D eigenvalue weighted by molar-refractivity contribution is 6.38. The van der Waals surface area contributed by atoms with E-state index in [0.29, 0.717) is 0 Å². The smallest absolute Gasteiger partial charge is 0.306 e. The molecule has 222 valence electrons. The highest BCUT2D eigenvalue weighted by Gasteiger charge is 2.47. The van der Waals surface area contributed by atoms with Gasteiger partial charge in [0.05, 0.1) is 28.7 Å². The average molecular weight is 613 g/mol. The van der Waals surface area contributed by atoms with Crippen molar-refractivity contribution in [1.82, 2.24) is 9.08 Å². The fourth-order valence-electron chi connectivity index (χ4n) is 8.99. The lowest BCUT2D eigenvalue weighted by Crippen LogP contribution is -2.86. The molecule has 2 aliphatic rings. The molecule has 0 saturated carbocycles. The van der Waals surface area contributed by atoms with Crippen molar-refractivity contribution in [1.29, 1.82) is 0 Å². The highest BCUT2D eigenvalue weighted by Crippen LogP contribution is 2.48. The van der Waals surface area contributed by atoms with Gasteiger partial charge in [-0.25, -0.2) is 0 Å². The first kappa shape index (κ1) is 24.9. The lowest BCUT2D eigenvalue weighted by atomic mass is 9.97. The number of rotatable bonds is 2. The fourth-order valence-corrected chi connectivity index (χ4v) is 8.99. The van der Waals surface area contributed by atoms with E-state index in [2.05, 4.69) is 165 Å². The summed E-state index contributed by atoms with van der Waals surface area (Å²) >= 11 is 0. The lowest BCUT2D eigenvalue weighted by Gasteiger charge is -2.22. The number of quaternary nitrogens is 1. The Morgan fingerprint density at radius 3 is 2.02 bits per heavy atom. The van der Waals surface area contributed by atoms with Crippen LogP contribution in [0.5, 0.6) is 0 Å². The zero-order valence-corrected chi connectivity index (χ0v) is 26.0. The van der Waals surface area contributed by atoms with E-state index in [1.807, 2.05) is 0 Å². The van der Waals surface area contributed by atoms with Crippen LogP contribution in [0.1, 0.15) is 5.56 Å². The Kier molecular flexibility index (Phi) is 4.55. The number of benzene rings is 7. The topological polar surface area (TPSA) is 29.0 Å². The molecule has 4 heteroatoms. The van der Waals surface area contributed by atoms with Gasteiger partial charge in [-0.1, -0.05) is 108 Å². The standard InChI is InChI=1S/C44H27N4/c1-2-12-26(13-3-1)41-40-36(22-11-23-45-40)48(41)47-35-21-9-8-18-32(35)38-29-16-6-7-17-30(29)39-33-20-10-19-31-34-24-27-14-4-5-15-28(27)25-37(34)46(42(31)33)43(39)44(38)47/h1-22,24-25,45H,23H2/q+1/p+1. The van der Waals surface area contributed by atoms with Gasteiger partial charge in [-0.2, -0.15) is 0 Å². The normalized spacial score (nSPS) is 15.1. The summed E-state index contributed by atoms with van der Waals surface area (Å²) in [6.07, 6.45) is 4.60. The number of allylic oxidation sites excluding steroid dienone is 2. The van der Waals surface area contributed by atoms with Crippen LogP contribution in [-0.4, -0.2) is 26.0 Å². The van der Waals surface area contributed by atoms with Crippen LogP contribution in [0.2, 0.25) is 0 Å². The Morgan fingerprint density at radius 2 is 1.19 bits per heavy atom. The first-order valence-electron chi connectivity index (χ1n) is 16.8. The SMILES string of the molecule is C1=CC2=C([NH2+]C1)C(c1ccccc1)=[N+]2n1c2ccccc2c2c3ccccc3c3c4cccc5c6cc7ccccc7cc6n(c54)c3c21. The maximum atomic E-state index is 2.59. The molecule has 4 nitrogen and oxygen atoms in total. The van der Waals surface area contributed by atoms with Crippen molar-refractivity contribution < 1.29 is 10.0 Å². The largest absolute Gasteiger partial charge is 0.311 e. The Labute approximate surface area is 274 Å². The van der Waals surface area contributed by atoms with E-state index >= 15 is 0 Å². The second kappa shape index (κ2) is 8.77. The maximum Gasteiger partial charge on any atom is 0.311 e. The molecule has 0 saturated heterocycles. The highest BCUT2D eigenvalue weighted by atomic mass is 15.5. The second-order valence-electron chi connectivity index (χ2n) is 13.2. The zero-order valence-electron chi connectivity index (χ0n) is 26.0. The average Bonchev–Trinajstić information content (AvgIpc) is 3.77. The van der Waals surface area contributed by atoms with E-state index in [-0.39, 0.29) is 0 Å². The molecule has 10 aromatic rings. The van der Waals surface area contributed by atoms with Crippen molar-refractivity contribution in [3.63, 3.8) is 0 Å². The van der Waals surface area contributed by atoms with Crippen LogP contribution in [0, 0.1) is 0 Å². The van der Waals surface area contributed by atoms with Gasteiger partial charge < -0.3 is 4.40 Å². The van der Waals surface area contributed by atoms with Crippen LogP contribution in [0.15, 0.2) is 157 Å². The summed E-state index contributed by atoms with van der Waals surface area (Å²) in [5, 5.41) is 15.3. The quantitative estimate of drug-likeness (QED) is 0.189. The molecule has 12 rings (SSSR count). The minimum absolute atomic E-state index is 0.951. The van der Waals surface area contributed by atoms with Crippen LogP contribution in [0.4, 0.5) is 0 Å². The van der Waals surface area contributed by atoms with Crippen LogP contribution < -0.4 is 5.32 Å². The van der Waals surface area contributed by atoms with Gasteiger partial charge >= 0.3 is 11.4 Å². The molecule has 0 bridgehead atoms. The lowest BCUT2D eigenvalue weighted by molar-refractivity contribution is -0.636. The van der Waals surface area contributed by atoms with Crippen LogP contribution >= 0.6 is 0 Å². The monoisotopic (exact) mass is 612 g/mol. The molecule has 0 atom stereocenters. The van der Waals surface area contributed by atoms with E-state index in [9.17, 15) is 0 Å². The van der Waals surface area contributed by atoms with Crippen molar-refractivity contribution >= 4 is 87.2 Å². The molecule has 0 fully saturated rings. The van der Waals surface area contributed by atoms with Crippen LogP contribution in [-0.2, 0) is 0 Å². The summed E-state index contributed by atoms with van der Waals surface area (Å²) in [5.74, 6) is 0. The molecule has 2 aliphatic heterocycles. The molecule has 0 radical (unpaired) electrons. The number of aromatic nitrogens is 2. The third-order valence-corrected chi connectivity index (χ3v) is 10.9. The van der Waals surface area contributed by atoms with Gasteiger partial charge in [-0.05, 0) is 58.0 Å². The van der Waals surface area contributed by atoms with Gasteiger partial charge in [-0.15, -0.1) is 4.68 Å². The van der Waals surface area contributed by atoms with Gasteiger partial charge in [0.15, 0.2) is 0 Å². The number of hydrogen-bond donors (Lipinski definition) is 1. The Bertz CT molecular complexity index is 3150. The summed E-state index contributed by atoms with van der Waals surface area (Å²) in [6.45, 7) is 0.951. The van der Waals surface area contributed by atoms with Gasteiger partial charge in [-0.3, -0.25) is 5.32 Å². The van der Waals surface area contributed by atoms with Gasteiger partial charge in [0.2, 0.25) is 0 Å². The summed E-state index contributed by atoms with van der Waals surface area (Å²) < 4.78 is 7.61. The molecule has 5 heterocycles. The molecule has 0 amide bonds. The Balaban J connectivity index is 1.40. The van der Waals surface area contributed by atoms with Crippen molar-refractivity contribution in [3.8, 4) is 0 Å². The molecule has 2 N–H and O–H groups in total. The maximum absolute atomic E-state index is 2.59. The molecular weight excluding hydrogens is 585 g/mol. The minimum atomic E-state index is 0.951. The molecular formula is C44H28N4+2. The van der Waals surface area contributed by atoms with Crippen molar-refractivity contribution in [2.45, 2.75) is 0 Å². The number of hydrogen-bond acceptors (Lipinski definition) is 0. The first-order chi connectivity index (χ1) is 23.9. The van der Waals surface area contributed by atoms with Crippen LogP contribution in [0.25, 0.3) is 81.4 Å². The van der Waals surface area contributed by atoms with Gasteiger partial charge in [0.25, 0.3) is 5.70 Å². The third-order valence-electron chi connectivity index (χ3n) is 10.9. The second-order valence-corrected chi connectivity index (χ2v) is 13.2.